The van der Waals surface area contributed by atoms with Crippen LogP contribution in [0, 0.1) is 6.92 Å². The van der Waals surface area contributed by atoms with Crippen molar-refractivity contribution in [3.8, 4) is 0 Å². The normalized spacial score (nSPS) is 14.9. The third-order valence-corrected chi connectivity index (χ3v) is 7.56. The summed E-state index contributed by atoms with van der Waals surface area (Å²) in [6.45, 7) is 1.37. The Kier molecular flexibility index (Phi) is 5.86. The van der Waals surface area contributed by atoms with Crippen molar-refractivity contribution >= 4 is 26.0 Å². The fourth-order valence-electron chi connectivity index (χ4n) is 2.45. The van der Waals surface area contributed by atoms with Crippen LogP contribution in [0.5, 0.6) is 0 Å². The smallest absolute Gasteiger partial charge is 0.338 e. The zero-order chi connectivity index (χ0) is 21.4. The van der Waals surface area contributed by atoms with Gasteiger partial charge in [0.2, 0.25) is 15.1 Å². The summed E-state index contributed by atoms with van der Waals surface area (Å²) < 4.78 is 62.8. The molecule has 0 amide bonds. The minimum atomic E-state index is -3.73. The van der Waals surface area contributed by atoms with Gasteiger partial charge in [-0.05, 0) is 49.6 Å². The van der Waals surface area contributed by atoms with Gasteiger partial charge in [-0.1, -0.05) is 6.07 Å². The van der Waals surface area contributed by atoms with Crippen molar-refractivity contribution in [3.63, 3.8) is 0 Å². The molecule has 1 aromatic heterocycles. The van der Waals surface area contributed by atoms with Crippen LogP contribution in [0.15, 0.2) is 44.7 Å². The quantitative estimate of drug-likeness (QED) is 0.617. The molecule has 2 aromatic rings. The van der Waals surface area contributed by atoms with E-state index in [2.05, 4.69) is 4.72 Å². The number of aryl methyl sites for hydroxylation is 1. The van der Waals surface area contributed by atoms with Crippen LogP contribution in [0.25, 0.3) is 0 Å². The summed E-state index contributed by atoms with van der Waals surface area (Å²) in [6, 6.07) is 6.86. The first-order valence-electron chi connectivity index (χ1n) is 8.82. The first-order valence-corrected chi connectivity index (χ1v) is 11.7. The number of sulfonamides is 2. The van der Waals surface area contributed by atoms with Gasteiger partial charge in [0, 0.05) is 20.1 Å². The van der Waals surface area contributed by atoms with Gasteiger partial charge >= 0.3 is 5.97 Å². The molecule has 0 atom stereocenters. The fourth-order valence-corrected chi connectivity index (χ4v) is 4.59. The van der Waals surface area contributed by atoms with Gasteiger partial charge in [0.1, 0.15) is 12.4 Å². The zero-order valence-electron chi connectivity index (χ0n) is 16.2. The highest BCUT2D eigenvalue weighted by Gasteiger charge is 2.29. The lowest BCUT2D eigenvalue weighted by Gasteiger charge is -2.10. The van der Waals surface area contributed by atoms with Crippen LogP contribution in [0.1, 0.15) is 34.5 Å². The van der Waals surface area contributed by atoms with Crippen LogP contribution in [-0.2, 0) is 31.4 Å². The Morgan fingerprint density at radius 2 is 1.86 bits per heavy atom. The molecule has 1 heterocycles. The molecule has 3 rings (SSSR count). The highest BCUT2D eigenvalue weighted by Crippen LogP contribution is 2.24. The standard InChI is InChI=1S/C18H22N2O7S2/c1-12-4-8-15(28(22,23)19-13-5-6-13)10-16(12)18(21)26-11-14-7-9-17(27-14)29(24,25)20(2)3/h4,7-10,13,19H,5-6,11H2,1-3H3. The number of rotatable bonds is 8. The molecule has 158 valence electrons. The Bertz CT molecular complexity index is 1130. The van der Waals surface area contributed by atoms with Gasteiger partial charge in [0.05, 0.1) is 10.5 Å². The molecule has 0 aliphatic heterocycles. The fraction of sp³-hybridized carbons (Fsp3) is 0.389. The van der Waals surface area contributed by atoms with Gasteiger partial charge in [-0.3, -0.25) is 0 Å². The largest absolute Gasteiger partial charge is 0.454 e. The van der Waals surface area contributed by atoms with Gasteiger partial charge in [0.15, 0.2) is 0 Å². The van der Waals surface area contributed by atoms with Crippen molar-refractivity contribution in [2.24, 2.45) is 0 Å². The first-order chi connectivity index (χ1) is 13.5. The van der Waals surface area contributed by atoms with E-state index in [4.69, 9.17) is 9.15 Å². The molecule has 11 heteroatoms. The SMILES string of the molecule is Cc1ccc(S(=O)(=O)NC2CC2)cc1C(=O)OCc1ccc(S(=O)(=O)N(C)C)o1. The number of hydrogen-bond donors (Lipinski definition) is 1. The second kappa shape index (κ2) is 7.90. The average Bonchev–Trinajstić information content (AvgIpc) is 3.31. The summed E-state index contributed by atoms with van der Waals surface area (Å²) in [4.78, 5) is 12.4. The van der Waals surface area contributed by atoms with Crippen molar-refractivity contribution in [2.45, 2.75) is 42.4 Å². The summed E-state index contributed by atoms with van der Waals surface area (Å²) in [5.41, 5.74) is 0.659. The molecule has 9 nitrogen and oxygen atoms in total. The van der Waals surface area contributed by atoms with Crippen LogP contribution in [-0.4, -0.2) is 47.2 Å². The lowest BCUT2D eigenvalue weighted by Crippen LogP contribution is -2.26. The van der Waals surface area contributed by atoms with E-state index in [-0.39, 0.29) is 34.0 Å². The summed E-state index contributed by atoms with van der Waals surface area (Å²) in [5.74, 6) is -0.588. The Hall–Kier alpha value is -2.21. The molecule has 0 saturated heterocycles. The molecule has 29 heavy (non-hydrogen) atoms. The summed E-state index contributed by atoms with van der Waals surface area (Å²) in [5, 5.41) is -0.260. The average molecular weight is 443 g/mol. The van der Waals surface area contributed by atoms with E-state index in [1.54, 1.807) is 6.92 Å². The zero-order valence-corrected chi connectivity index (χ0v) is 17.8. The molecular formula is C18H22N2O7S2. The molecule has 1 aromatic carbocycles. The highest BCUT2D eigenvalue weighted by atomic mass is 32.2. The molecule has 0 radical (unpaired) electrons. The van der Waals surface area contributed by atoms with Crippen molar-refractivity contribution in [3.05, 3.63) is 47.2 Å². The van der Waals surface area contributed by atoms with E-state index >= 15 is 0 Å². The predicted molar refractivity (Wildman–Crippen MR) is 103 cm³/mol. The van der Waals surface area contributed by atoms with Crippen molar-refractivity contribution in [2.75, 3.05) is 14.1 Å². The third kappa shape index (κ3) is 4.86. The number of nitrogens with zero attached hydrogens (tertiary/aromatic N) is 1. The first kappa shape index (κ1) is 21.5. The van der Waals surface area contributed by atoms with E-state index < -0.39 is 26.0 Å². The molecule has 0 bridgehead atoms. The minimum Gasteiger partial charge on any atom is -0.454 e. The van der Waals surface area contributed by atoms with E-state index in [1.807, 2.05) is 0 Å². The van der Waals surface area contributed by atoms with Crippen molar-refractivity contribution < 1.29 is 30.8 Å². The number of carbonyl (C=O) groups excluding carboxylic acids is 1. The predicted octanol–water partition coefficient (Wildman–Crippen LogP) is 1.64. The number of ether oxygens (including phenoxy) is 1. The molecule has 0 unspecified atom stereocenters. The van der Waals surface area contributed by atoms with Gasteiger partial charge in [-0.25, -0.2) is 30.7 Å². The number of benzene rings is 1. The Labute approximate surface area is 169 Å². The molecular weight excluding hydrogens is 420 g/mol. The Morgan fingerprint density at radius 3 is 2.48 bits per heavy atom. The summed E-state index contributed by atoms with van der Waals surface area (Å²) >= 11 is 0. The number of nitrogens with one attached hydrogen (secondary N) is 1. The van der Waals surface area contributed by atoms with Crippen LogP contribution in [0.2, 0.25) is 0 Å². The summed E-state index contributed by atoms with van der Waals surface area (Å²) in [6.07, 6.45) is 1.60. The van der Waals surface area contributed by atoms with Gasteiger partial charge < -0.3 is 9.15 Å². The van der Waals surface area contributed by atoms with Crippen molar-refractivity contribution in [1.82, 2.24) is 9.03 Å². The van der Waals surface area contributed by atoms with E-state index in [9.17, 15) is 21.6 Å². The van der Waals surface area contributed by atoms with Crippen LogP contribution >= 0.6 is 0 Å². The molecule has 1 aliphatic rings. The van der Waals surface area contributed by atoms with Gasteiger partial charge in [0.25, 0.3) is 10.0 Å². The molecule has 1 fully saturated rings. The van der Waals surface area contributed by atoms with Crippen LogP contribution in [0.3, 0.4) is 0 Å². The van der Waals surface area contributed by atoms with Crippen molar-refractivity contribution in [1.29, 1.82) is 0 Å². The topological polar surface area (TPSA) is 123 Å². The third-order valence-electron chi connectivity index (χ3n) is 4.36. The number of carbonyl (C=O) groups is 1. The molecule has 1 aliphatic carbocycles. The van der Waals surface area contributed by atoms with Crippen LogP contribution < -0.4 is 4.72 Å². The van der Waals surface area contributed by atoms with E-state index in [0.29, 0.717) is 5.56 Å². The summed E-state index contributed by atoms with van der Waals surface area (Å²) in [7, 11) is -4.68. The Morgan fingerprint density at radius 1 is 1.17 bits per heavy atom. The Balaban J connectivity index is 1.73. The lowest BCUT2D eigenvalue weighted by molar-refractivity contribution is 0.0439. The number of hydrogen-bond acceptors (Lipinski definition) is 7. The minimum absolute atomic E-state index is 0.0145. The maximum absolute atomic E-state index is 12.5. The molecule has 0 spiro atoms. The van der Waals surface area contributed by atoms with E-state index in [1.165, 1.54) is 44.4 Å². The lowest BCUT2D eigenvalue weighted by atomic mass is 10.1. The highest BCUT2D eigenvalue weighted by molar-refractivity contribution is 7.89. The maximum atomic E-state index is 12.5. The van der Waals surface area contributed by atoms with E-state index in [0.717, 1.165) is 17.1 Å². The number of furan rings is 1. The molecule has 1 saturated carbocycles. The van der Waals surface area contributed by atoms with Crippen LogP contribution in [0.4, 0.5) is 0 Å². The second-order valence-electron chi connectivity index (χ2n) is 6.96. The molecule has 1 N–H and O–H groups in total. The maximum Gasteiger partial charge on any atom is 0.338 e. The van der Waals surface area contributed by atoms with Gasteiger partial charge in [-0.2, -0.15) is 0 Å². The second-order valence-corrected chi connectivity index (χ2v) is 10.8. The monoisotopic (exact) mass is 442 g/mol. The number of esters is 1. The van der Waals surface area contributed by atoms with Gasteiger partial charge in [-0.15, -0.1) is 0 Å².